The monoisotopic (exact) mass is 465 g/mol. The predicted octanol–water partition coefficient (Wildman–Crippen LogP) is 4.16. The quantitative estimate of drug-likeness (QED) is 0.434. The number of nitrogens with one attached hydrogen (secondary N) is 1. The van der Waals surface area contributed by atoms with Crippen LogP contribution in [0.1, 0.15) is 22.0 Å². The zero-order valence-corrected chi connectivity index (χ0v) is 19.0. The molecule has 32 heavy (non-hydrogen) atoms. The third kappa shape index (κ3) is 3.80. The Morgan fingerprint density at radius 3 is 2.34 bits per heavy atom. The average Bonchev–Trinajstić information content (AvgIpc) is 3.51. The molecule has 2 aromatic heterocycles. The maximum atomic E-state index is 13.8. The molecule has 0 unspecified atom stereocenters. The van der Waals surface area contributed by atoms with Crippen molar-refractivity contribution >= 4 is 38.0 Å². The second kappa shape index (κ2) is 8.63. The first-order valence-corrected chi connectivity index (χ1v) is 12.8. The molecule has 0 radical (unpaired) electrons. The minimum Gasteiger partial charge on any atom is -0.360 e. The Morgan fingerprint density at radius 2 is 1.62 bits per heavy atom. The number of piperazine rings is 1. The number of rotatable bonds is 6. The molecule has 0 bridgehead atoms. The van der Waals surface area contributed by atoms with Gasteiger partial charge >= 0.3 is 0 Å². The molecule has 0 amide bonds. The summed E-state index contributed by atoms with van der Waals surface area (Å²) < 4.78 is 27.7. The Bertz CT molecular complexity index is 1320. The average molecular weight is 466 g/mol. The van der Waals surface area contributed by atoms with E-state index in [1.807, 2.05) is 54.6 Å². The van der Waals surface area contributed by atoms with Crippen molar-refractivity contribution in [2.45, 2.75) is 10.3 Å². The van der Waals surface area contributed by atoms with Crippen LogP contribution in [0.4, 0.5) is 0 Å². The highest BCUT2D eigenvalue weighted by atomic mass is 32.2. The maximum absolute atomic E-state index is 13.8. The number of hydrogen-bond acceptors (Lipinski definition) is 5. The lowest BCUT2D eigenvalue weighted by molar-refractivity contribution is 0.0755. The zero-order valence-electron chi connectivity index (χ0n) is 17.3. The van der Waals surface area contributed by atoms with Crippen LogP contribution >= 0.6 is 11.3 Å². The van der Waals surface area contributed by atoms with Gasteiger partial charge in [-0.25, -0.2) is 8.42 Å². The Kier molecular flexibility index (Phi) is 5.69. The van der Waals surface area contributed by atoms with Crippen molar-refractivity contribution in [3.8, 4) is 0 Å². The summed E-state index contributed by atoms with van der Waals surface area (Å²) in [5.41, 5.74) is 2.50. The van der Waals surface area contributed by atoms with Crippen LogP contribution in [0.2, 0.25) is 0 Å². The highest BCUT2D eigenvalue weighted by Gasteiger charge is 2.35. The molecular weight excluding hydrogens is 442 g/mol. The van der Waals surface area contributed by atoms with Gasteiger partial charge in [0.25, 0.3) is 10.0 Å². The number of hydrogen-bond donors (Lipinski definition) is 1. The number of nitrogens with zero attached hydrogens (tertiary/aromatic N) is 2. The number of carbonyl (C=O) groups is 1. The summed E-state index contributed by atoms with van der Waals surface area (Å²) in [5.74, 6) is 0.0169. The number of sulfonamides is 1. The molecular formula is C24H23N3O3S2. The van der Waals surface area contributed by atoms with Gasteiger partial charge in [-0.05, 0) is 23.1 Å². The van der Waals surface area contributed by atoms with Gasteiger partial charge in [-0.15, -0.1) is 11.3 Å². The van der Waals surface area contributed by atoms with Crippen molar-refractivity contribution in [3.05, 3.63) is 89.4 Å². The summed E-state index contributed by atoms with van der Waals surface area (Å²) in [6.45, 7) is 1.67. The minimum absolute atomic E-state index is 0.0169. The van der Waals surface area contributed by atoms with E-state index in [1.54, 1.807) is 23.7 Å². The van der Waals surface area contributed by atoms with Crippen LogP contribution in [-0.4, -0.2) is 54.6 Å². The van der Waals surface area contributed by atoms with Crippen LogP contribution in [-0.2, 0) is 10.0 Å². The first kappa shape index (κ1) is 21.1. The largest absolute Gasteiger partial charge is 0.360 e. The summed E-state index contributed by atoms with van der Waals surface area (Å²) in [4.78, 5) is 19.1. The number of aromatic nitrogens is 1. The van der Waals surface area contributed by atoms with Crippen molar-refractivity contribution in [1.82, 2.24) is 14.2 Å². The molecule has 8 heteroatoms. The number of H-pyrrole nitrogens is 1. The molecule has 1 fully saturated rings. The van der Waals surface area contributed by atoms with E-state index in [0.717, 1.165) is 16.5 Å². The molecule has 5 rings (SSSR count). The highest BCUT2D eigenvalue weighted by Crippen LogP contribution is 2.31. The molecule has 0 aliphatic carbocycles. The second-order valence-corrected chi connectivity index (χ2v) is 10.9. The summed E-state index contributed by atoms with van der Waals surface area (Å²) in [7, 11) is -3.49. The summed E-state index contributed by atoms with van der Waals surface area (Å²) in [6, 6.07) is 20.4. The van der Waals surface area contributed by atoms with E-state index < -0.39 is 16.1 Å². The third-order valence-electron chi connectivity index (χ3n) is 5.95. The molecule has 0 spiro atoms. The highest BCUT2D eigenvalue weighted by molar-refractivity contribution is 7.91. The summed E-state index contributed by atoms with van der Waals surface area (Å²) in [6.07, 6.45) is 1.78. The molecule has 1 aliphatic rings. The number of Topliss-reactive ketones (excluding diaryl/α,β-unsaturated/α-hetero) is 1. The number of ketones is 1. The molecule has 164 valence electrons. The first-order valence-electron chi connectivity index (χ1n) is 10.5. The molecule has 4 aromatic rings. The third-order valence-corrected chi connectivity index (χ3v) is 9.22. The van der Waals surface area contributed by atoms with Gasteiger partial charge in [-0.1, -0.05) is 54.6 Å². The van der Waals surface area contributed by atoms with E-state index in [2.05, 4.69) is 9.88 Å². The van der Waals surface area contributed by atoms with Crippen LogP contribution in [0.5, 0.6) is 0 Å². The second-order valence-electron chi connectivity index (χ2n) is 7.80. The number of thiophene rings is 1. The van der Waals surface area contributed by atoms with Crippen LogP contribution < -0.4 is 0 Å². The topological polar surface area (TPSA) is 73.5 Å². The zero-order chi connectivity index (χ0) is 22.1. The van der Waals surface area contributed by atoms with Crippen LogP contribution in [0.25, 0.3) is 10.9 Å². The summed E-state index contributed by atoms with van der Waals surface area (Å²) in [5, 5.41) is 2.67. The Balaban J connectivity index is 1.43. The van der Waals surface area contributed by atoms with Gasteiger partial charge in [0, 0.05) is 48.8 Å². The van der Waals surface area contributed by atoms with Gasteiger partial charge in [0.05, 0.1) is 6.04 Å². The number of benzene rings is 2. The number of carbonyl (C=O) groups excluding carboxylic acids is 1. The smallest absolute Gasteiger partial charge is 0.252 e. The van der Waals surface area contributed by atoms with Gasteiger partial charge in [0.1, 0.15) is 4.21 Å². The lowest BCUT2D eigenvalue weighted by Gasteiger charge is -2.38. The minimum atomic E-state index is -3.49. The predicted molar refractivity (Wildman–Crippen MR) is 126 cm³/mol. The maximum Gasteiger partial charge on any atom is 0.252 e. The van der Waals surface area contributed by atoms with Crippen LogP contribution in [0, 0.1) is 0 Å². The van der Waals surface area contributed by atoms with Crippen molar-refractivity contribution in [2.75, 3.05) is 26.2 Å². The van der Waals surface area contributed by atoms with E-state index in [9.17, 15) is 13.2 Å². The van der Waals surface area contributed by atoms with Gasteiger partial charge in [0.15, 0.2) is 5.78 Å². The van der Waals surface area contributed by atoms with Gasteiger partial charge in [-0.2, -0.15) is 4.31 Å². The normalized spacial score (nSPS) is 16.9. The molecule has 1 saturated heterocycles. The lowest BCUT2D eigenvalue weighted by Crippen LogP contribution is -2.50. The molecule has 0 saturated carbocycles. The number of fused-ring (bicyclic) bond motifs is 1. The Labute approximate surface area is 191 Å². The van der Waals surface area contributed by atoms with Crippen molar-refractivity contribution in [3.63, 3.8) is 0 Å². The standard InChI is InChI=1S/C24H23N3O3S2/c28-24(20-17-25-21-10-5-4-9-19(20)21)23(18-7-2-1-3-8-18)26-12-14-27(15-13-26)32(29,30)22-11-6-16-31-22/h1-11,16-17,23,25H,12-15H2/t23-/m0/s1. The fourth-order valence-electron chi connectivity index (χ4n) is 4.33. The molecule has 1 aliphatic heterocycles. The van der Waals surface area contributed by atoms with E-state index in [0.29, 0.717) is 36.0 Å². The van der Waals surface area contributed by atoms with Crippen LogP contribution in [0.15, 0.2) is 82.5 Å². The van der Waals surface area contributed by atoms with Crippen molar-refractivity contribution in [2.24, 2.45) is 0 Å². The Hall–Kier alpha value is -2.78. The number of para-hydroxylation sites is 1. The summed E-state index contributed by atoms with van der Waals surface area (Å²) >= 11 is 1.23. The molecule has 3 heterocycles. The van der Waals surface area contributed by atoms with Crippen molar-refractivity contribution in [1.29, 1.82) is 0 Å². The van der Waals surface area contributed by atoms with Gasteiger partial charge in [-0.3, -0.25) is 9.69 Å². The SMILES string of the molecule is O=C(c1c[nH]c2ccccc12)[C@H](c1ccccc1)N1CCN(S(=O)(=O)c2cccs2)CC1. The van der Waals surface area contributed by atoms with E-state index in [1.165, 1.54) is 15.6 Å². The number of aromatic amines is 1. The van der Waals surface area contributed by atoms with E-state index in [-0.39, 0.29) is 5.78 Å². The molecule has 2 aromatic carbocycles. The Morgan fingerprint density at radius 1 is 0.906 bits per heavy atom. The van der Waals surface area contributed by atoms with E-state index >= 15 is 0 Å². The van der Waals surface area contributed by atoms with Gasteiger partial charge < -0.3 is 4.98 Å². The fourth-order valence-corrected chi connectivity index (χ4v) is 6.89. The van der Waals surface area contributed by atoms with Gasteiger partial charge in [0.2, 0.25) is 0 Å². The van der Waals surface area contributed by atoms with Crippen LogP contribution in [0.3, 0.4) is 0 Å². The molecule has 1 atom stereocenters. The first-order chi connectivity index (χ1) is 15.6. The fraction of sp³-hybridized carbons (Fsp3) is 0.208. The van der Waals surface area contributed by atoms with Crippen molar-refractivity contribution < 1.29 is 13.2 Å². The van der Waals surface area contributed by atoms with E-state index in [4.69, 9.17) is 0 Å². The molecule has 1 N–H and O–H groups in total. The lowest BCUT2D eigenvalue weighted by atomic mass is 9.95. The molecule has 6 nitrogen and oxygen atoms in total.